The maximum Gasteiger partial charge on any atom is 0.401 e. The molecule has 1 saturated heterocycles. The number of pyridine rings is 2. The van der Waals surface area contributed by atoms with Crippen molar-refractivity contribution in [2.45, 2.75) is 32.0 Å². The molecule has 4 rings (SSSR count). The van der Waals surface area contributed by atoms with Crippen LogP contribution in [0.2, 0.25) is 0 Å². The van der Waals surface area contributed by atoms with E-state index in [9.17, 15) is 23.1 Å². The molecule has 1 aliphatic heterocycles. The third-order valence-electron chi connectivity index (χ3n) is 6.27. The molecule has 1 N–H and O–H groups in total. The molecule has 0 saturated carbocycles. The summed E-state index contributed by atoms with van der Waals surface area (Å²) in [6.07, 6.45) is 0.408. The van der Waals surface area contributed by atoms with Crippen LogP contribution in [0.25, 0.3) is 16.6 Å². The molecule has 0 radical (unpaired) electrons. The summed E-state index contributed by atoms with van der Waals surface area (Å²) in [6.45, 7) is 1.44. The summed E-state index contributed by atoms with van der Waals surface area (Å²) in [6, 6.07) is 7.24. The second kappa shape index (κ2) is 9.17. The third-order valence-corrected chi connectivity index (χ3v) is 6.27. The lowest BCUT2D eigenvalue weighted by molar-refractivity contribution is -0.255. The molecule has 0 unspecified atom stereocenters. The van der Waals surface area contributed by atoms with Gasteiger partial charge in [-0.1, -0.05) is 0 Å². The van der Waals surface area contributed by atoms with Gasteiger partial charge in [0.05, 0.1) is 18.0 Å². The molecule has 34 heavy (non-hydrogen) atoms. The average Bonchev–Trinajstić information content (AvgIpc) is 3.19. The Hall–Kier alpha value is -3.27. The van der Waals surface area contributed by atoms with E-state index in [0.717, 1.165) is 16.9 Å². The van der Waals surface area contributed by atoms with Crippen LogP contribution in [0.4, 0.5) is 24.8 Å². The monoisotopic (exact) mass is 474 g/mol. The van der Waals surface area contributed by atoms with Crippen molar-refractivity contribution in [2.75, 3.05) is 43.9 Å². The number of aromatic carboxylic acids is 1. The van der Waals surface area contributed by atoms with E-state index in [1.54, 1.807) is 19.2 Å². The van der Waals surface area contributed by atoms with E-state index < -0.39 is 18.7 Å². The number of piperidine rings is 1. The topological polar surface area (TPSA) is 75.9 Å². The number of halogens is 3. The van der Waals surface area contributed by atoms with Crippen molar-refractivity contribution in [3.05, 3.63) is 47.8 Å². The van der Waals surface area contributed by atoms with Gasteiger partial charge in [0.1, 0.15) is 11.6 Å². The maximum absolute atomic E-state index is 12.7. The quantitative estimate of drug-likeness (QED) is 0.592. The number of carboxylic acid groups (broad SMARTS) is 1. The first-order chi connectivity index (χ1) is 16.0. The molecule has 0 aliphatic carbocycles. The molecule has 0 spiro atoms. The normalized spacial score (nSPS) is 15.6. The minimum absolute atomic E-state index is 0.0736. The zero-order valence-electron chi connectivity index (χ0n) is 19.3. The summed E-state index contributed by atoms with van der Waals surface area (Å²) in [4.78, 5) is 19.5. The Balaban J connectivity index is 1.68. The number of fused-ring (bicyclic) bond motifs is 1. The van der Waals surface area contributed by atoms with Gasteiger partial charge in [0.15, 0.2) is 0 Å². The highest BCUT2D eigenvalue weighted by Gasteiger charge is 2.32. The van der Waals surface area contributed by atoms with Crippen molar-refractivity contribution in [1.29, 1.82) is 0 Å². The fourth-order valence-corrected chi connectivity index (χ4v) is 4.49. The van der Waals surface area contributed by atoms with Gasteiger partial charge in [-0.25, -0.2) is 4.98 Å². The van der Waals surface area contributed by atoms with Crippen LogP contribution in [0.1, 0.15) is 28.8 Å². The van der Waals surface area contributed by atoms with Crippen LogP contribution in [0.15, 0.2) is 36.7 Å². The molecule has 0 aromatic carbocycles. The summed E-state index contributed by atoms with van der Waals surface area (Å²) in [5, 5.41) is 15.3. The first-order valence-corrected chi connectivity index (χ1v) is 11.1. The lowest BCUT2D eigenvalue weighted by Gasteiger charge is -2.33. The predicted molar refractivity (Wildman–Crippen MR) is 123 cm³/mol. The summed E-state index contributed by atoms with van der Waals surface area (Å²) in [5.74, 6) is 0.103. The summed E-state index contributed by atoms with van der Waals surface area (Å²) in [7, 11) is 3.78. The summed E-state index contributed by atoms with van der Waals surface area (Å²) in [5.41, 5.74) is 3.02. The molecule has 7 nitrogen and oxygen atoms in total. The van der Waals surface area contributed by atoms with Gasteiger partial charge in [-0.3, -0.25) is 4.90 Å². The van der Waals surface area contributed by atoms with Crippen LogP contribution >= 0.6 is 0 Å². The molecule has 3 aromatic heterocycles. The number of aromatic nitrogens is 2. The molecule has 1 fully saturated rings. The molecule has 1 aliphatic rings. The van der Waals surface area contributed by atoms with Crippen LogP contribution in [-0.4, -0.2) is 66.2 Å². The number of anilines is 2. The maximum atomic E-state index is 12.7. The first kappa shape index (κ1) is 23.9. The number of likely N-dealkylation sites (tertiary alicyclic amines) is 1. The third kappa shape index (κ3) is 4.96. The number of nitrogens with one attached hydrogen (secondary N) is 1. The molecule has 3 aromatic rings. The predicted octanol–water partition coefficient (Wildman–Crippen LogP) is 3.18. The Bertz CT molecular complexity index is 1200. The van der Waals surface area contributed by atoms with E-state index in [-0.39, 0.29) is 11.6 Å². The Morgan fingerprint density at radius 3 is 2.56 bits per heavy atom. The van der Waals surface area contributed by atoms with Crippen LogP contribution in [-0.2, 0) is 0 Å². The fourth-order valence-electron chi connectivity index (χ4n) is 4.49. The van der Waals surface area contributed by atoms with Crippen molar-refractivity contribution >= 4 is 23.1 Å². The number of rotatable bonds is 6. The van der Waals surface area contributed by atoms with Gasteiger partial charge < -0.3 is 24.5 Å². The van der Waals surface area contributed by atoms with Crippen LogP contribution in [0.5, 0.6) is 0 Å². The number of carbonyl (C=O) groups excluding carboxylic acids is 1. The average molecular weight is 475 g/mol. The van der Waals surface area contributed by atoms with Gasteiger partial charge in [0.25, 0.3) is 0 Å². The second-order valence-electron chi connectivity index (χ2n) is 8.91. The number of alkyl halides is 3. The van der Waals surface area contributed by atoms with Gasteiger partial charge in [-0.15, -0.1) is 0 Å². The molecule has 182 valence electrons. The van der Waals surface area contributed by atoms with Gasteiger partial charge in [-0.2, -0.15) is 13.2 Å². The summed E-state index contributed by atoms with van der Waals surface area (Å²) < 4.78 is 40.0. The SMILES string of the molecule is Cc1c(C(=O)[O-])cc2c(-c3ccnc(N(C)C)c3)ccn2c1NC1CCN(CC(F)(F)F)CC1. The van der Waals surface area contributed by atoms with E-state index in [0.29, 0.717) is 42.8 Å². The van der Waals surface area contributed by atoms with Gasteiger partial charge in [-0.05, 0) is 55.2 Å². The summed E-state index contributed by atoms with van der Waals surface area (Å²) >= 11 is 0. The molecule has 10 heteroatoms. The van der Waals surface area contributed by atoms with Crippen LogP contribution in [0, 0.1) is 6.92 Å². The highest BCUT2D eigenvalue weighted by Crippen LogP contribution is 2.33. The standard InChI is InChI=1S/C24H28F3N5O2/c1-15-19(23(33)34)13-20-18(16-4-8-28-21(12-16)30(2)3)7-11-32(20)22(15)29-17-5-9-31(10-6-17)14-24(25,26)27/h4,7-8,11-13,17,29H,5-6,9-10,14H2,1-3H3,(H,33,34)/p-1. The van der Waals surface area contributed by atoms with E-state index >= 15 is 0 Å². The first-order valence-electron chi connectivity index (χ1n) is 11.1. The van der Waals surface area contributed by atoms with Gasteiger partial charge >= 0.3 is 6.18 Å². The van der Waals surface area contributed by atoms with Gasteiger partial charge in [0, 0.05) is 56.7 Å². The van der Waals surface area contributed by atoms with Crippen LogP contribution < -0.4 is 15.3 Å². The molecule has 0 bridgehead atoms. The lowest BCUT2D eigenvalue weighted by atomic mass is 10.0. The Labute approximate surface area is 195 Å². The number of hydrogen-bond acceptors (Lipinski definition) is 6. The number of carboxylic acids is 1. The van der Waals surface area contributed by atoms with E-state index in [1.165, 1.54) is 4.90 Å². The second-order valence-corrected chi connectivity index (χ2v) is 8.91. The Kier molecular flexibility index (Phi) is 6.44. The lowest BCUT2D eigenvalue weighted by Crippen LogP contribution is -2.43. The smallest absolute Gasteiger partial charge is 0.401 e. The molecular formula is C24H27F3N5O2-. The largest absolute Gasteiger partial charge is 0.545 e. The van der Waals surface area contributed by atoms with Crippen molar-refractivity contribution in [1.82, 2.24) is 14.3 Å². The number of nitrogens with zero attached hydrogens (tertiary/aromatic N) is 4. The highest BCUT2D eigenvalue weighted by molar-refractivity contribution is 5.94. The zero-order valence-corrected chi connectivity index (χ0v) is 19.3. The fraction of sp³-hybridized carbons (Fsp3) is 0.417. The van der Waals surface area contributed by atoms with Crippen molar-refractivity contribution in [3.8, 4) is 11.1 Å². The van der Waals surface area contributed by atoms with E-state index in [2.05, 4.69) is 10.3 Å². The van der Waals surface area contributed by atoms with E-state index in [4.69, 9.17) is 0 Å². The van der Waals surface area contributed by atoms with Gasteiger partial charge in [0.2, 0.25) is 0 Å². The van der Waals surface area contributed by atoms with Crippen molar-refractivity contribution in [3.63, 3.8) is 0 Å². The number of hydrogen-bond donors (Lipinski definition) is 1. The highest BCUT2D eigenvalue weighted by atomic mass is 19.4. The molecule has 4 heterocycles. The molecule has 0 amide bonds. The van der Waals surface area contributed by atoms with Crippen molar-refractivity contribution in [2.24, 2.45) is 0 Å². The molecular weight excluding hydrogens is 447 g/mol. The van der Waals surface area contributed by atoms with Crippen LogP contribution in [0.3, 0.4) is 0 Å². The Morgan fingerprint density at radius 1 is 1.24 bits per heavy atom. The van der Waals surface area contributed by atoms with Crippen molar-refractivity contribution < 1.29 is 23.1 Å². The zero-order chi connectivity index (χ0) is 24.6. The minimum atomic E-state index is -4.22. The Morgan fingerprint density at radius 2 is 1.94 bits per heavy atom. The molecule has 0 atom stereocenters. The minimum Gasteiger partial charge on any atom is -0.545 e. The number of carbonyl (C=O) groups is 1. The van der Waals surface area contributed by atoms with E-state index in [1.807, 2.05) is 47.8 Å².